The second-order valence-corrected chi connectivity index (χ2v) is 9.27. The largest absolute Gasteiger partial charge is 0.369 e. The number of aromatic nitrogens is 3. The van der Waals surface area contributed by atoms with Gasteiger partial charge in [-0.3, -0.25) is 9.59 Å². The Morgan fingerprint density at radius 2 is 1.69 bits per heavy atom. The number of imidazole rings is 1. The van der Waals surface area contributed by atoms with Crippen LogP contribution in [0, 0.1) is 6.92 Å². The first kappa shape index (κ1) is 22.9. The predicted molar refractivity (Wildman–Crippen MR) is 140 cm³/mol. The topological polar surface area (TPSA) is 97.1 Å². The highest BCUT2D eigenvalue weighted by molar-refractivity contribution is 6.06. The molecule has 1 aliphatic rings. The molecule has 8 nitrogen and oxygen atoms in total. The van der Waals surface area contributed by atoms with Gasteiger partial charge in [0.2, 0.25) is 5.91 Å². The summed E-state index contributed by atoms with van der Waals surface area (Å²) in [5.74, 6) is 0.546. The van der Waals surface area contributed by atoms with Gasteiger partial charge < -0.3 is 25.1 Å². The van der Waals surface area contributed by atoms with Gasteiger partial charge in [-0.2, -0.15) is 0 Å². The van der Waals surface area contributed by atoms with E-state index in [9.17, 15) is 9.59 Å². The van der Waals surface area contributed by atoms with Crippen LogP contribution in [0.3, 0.4) is 0 Å². The van der Waals surface area contributed by atoms with E-state index in [1.54, 1.807) is 6.92 Å². The van der Waals surface area contributed by atoms with Crippen LogP contribution in [-0.4, -0.2) is 64.8 Å². The number of amides is 1. The molecule has 4 aromatic rings. The van der Waals surface area contributed by atoms with Crippen molar-refractivity contribution in [3.63, 3.8) is 0 Å². The average Bonchev–Trinajstić information content (AvgIpc) is 3.40. The number of ketones is 1. The predicted octanol–water partition coefficient (Wildman–Crippen LogP) is 4.45. The van der Waals surface area contributed by atoms with E-state index >= 15 is 0 Å². The molecule has 1 amide bonds. The maximum Gasteiger partial charge on any atom is 0.221 e. The van der Waals surface area contributed by atoms with Crippen LogP contribution >= 0.6 is 0 Å². The Morgan fingerprint density at radius 1 is 0.971 bits per heavy atom. The third-order valence-corrected chi connectivity index (χ3v) is 6.60. The van der Waals surface area contributed by atoms with Crippen molar-refractivity contribution in [1.29, 1.82) is 0 Å². The Kier molecular flexibility index (Phi) is 5.90. The number of nitrogens with zero attached hydrogens (tertiary/aromatic N) is 3. The summed E-state index contributed by atoms with van der Waals surface area (Å²) in [4.78, 5) is 40.5. The summed E-state index contributed by atoms with van der Waals surface area (Å²) >= 11 is 0. The lowest BCUT2D eigenvalue weighted by molar-refractivity contribution is -0.114. The molecule has 0 bridgehead atoms. The molecule has 3 N–H and O–H groups in total. The van der Waals surface area contributed by atoms with Crippen molar-refractivity contribution in [2.24, 2.45) is 0 Å². The lowest BCUT2D eigenvalue weighted by Crippen LogP contribution is -2.44. The number of anilines is 2. The molecule has 2 aromatic carbocycles. The van der Waals surface area contributed by atoms with Crippen LogP contribution in [0.2, 0.25) is 0 Å². The zero-order valence-corrected chi connectivity index (χ0v) is 20.5. The second kappa shape index (κ2) is 9.03. The lowest BCUT2D eigenvalue weighted by atomic mass is 9.97. The standard InChI is InChI=1S/C27H30N6O2/c1-16-24(17(2)34)25(19-5-7-20(8-6-19)29-18(3)35)26(28-16)27-30-22-10-9-21(15-23(22)31-27)33-13-11-32(4)12-14-33/h5-10,15,28H,11-14H2,1-4H3,(H,29,35)(H,30,31). The van der Waals surface area contributed by atoms with Gasteiger partial charge in [0.05, 0.1) is 16.7 Å². The van der Waals surface area contributed by atoms with Gasteiger partial charge in [0.15, 0.2) is 11.6 Å². The molecular formula is C27H30N6O2. The van der Waals surface area contributed by atoms with Crippen molar-refractivity contribution in [3.05, 3.63) is 53.7 Å². The third-order valence-electron chi connectivity index (χ3n) is 6.60. The molecule has 0 spiro atoms. The van der Waals surface area contributed by atoms with Crippen LogP contribution in [0.4, 0.5) is 11.4 Å². The van der Waals surface area contributed by atoms with Gasteiger partial charge in [0, 0.05) is 61.3 Å². The van der Waals surface area contributed by atoms with Crippen LogP contribution in [-0.2, 0) is 4.79 Å². The molecule has 0 aliphatic carbocycles. The first-order chi connectivity index (χ1) is 16.8. The zero-order valence-electron chi connectivity index (χ0n) is 20.5. The minimum absolute atomic E-state index is 0.0144. The highest BCUT2D eigenvalue weighted by atomic mass is 16.1. The number of rotatable bonds is 5. The number of hydrogen-bond acceptors (Lipinski definition) is 5. The molecule has 0 saturated carbocycles. The maximum atomic E-state index is 12.6. The van der Waals surface area contributed by atoms with Crippen LogP contribution in [0.5, 0.6) is 0 Å². The molecule has 5 rings (SSSR count). The molecule has 180 valence electrons. The molecule has 3 heterocycles. The lowest BCUT2D eigenvalue weighted by Gasteiger charge is -2.34. The van der Waals surface area contributed by atoms with Crippen LogP contribution in [0.25, 0.3) is 33.7 Å². The highest BCUT2D eigenvalue weighted by Gasteiger charge is 2.23. The molecule has 1 aliphatic heterocycles. The molecule has 35 heavy (non-hydrogen) atoms. The van der Waals surface area contributed by atoms with E-state index in [1.165, 1.54) is 12.6 Å². The van der Waals surface area contributed by atoms with E-state index in [4.69, 9.17) is 4.98 Å². The third kappa shape index (κ3) is 4.44. The van der Waals surface area contributed by atoms with E-state index in [0.717, 1.165) is 59.7 Å². The molecule has 1 saturated heterocycles. The summed E-state index contributed by atoms with van der Waals surface area (Å²) in [6.45, 7) is 9.06. The number of carbonyl (C=O) groups is 2. The molecule has 2 aromatic heterocycles. The van der Waals surface area contributed by atoms with Gasteiger partial charge in [-0.25, -0.2) is 4.98 Å². The zero-order chi connectivity index (χ0) is 24.7. The fraction of sp³-hybridized carbons (Fsp3) is 0.296. The van der Waals surface area contributed by atoms with Gasteiger partial charge in [0.1, 0.15) is 0 Å². The Balaban J connectivity index is 1.56. The van der Waals surface area contributed by atoms with Crippen molar-refractivity contribution < 1.29 is 9.59 Å². The molecular weight excluding hydrogens is 440 g/mol. The van der Waals surface area contributed by atoms with E-state index in [0.29, 0.717) is 17.1 Å². The van der Waals surface area contributed by atoms with Crippen molar-refractivity contribution in [2.45, 2.75) is 20.8 Å². The monoisotopic (exact) mass is 470 g/mol. The fourth-order valence-electron chi connectivity index (χ4n) is 4.83. The normalized spacial score (nSPS) is 14.5. The SMILES string of the molecule is CC(=O)Nc1ccc(-c2c(-c3nc4ccc(N5CCN(C)CC5)cc4[nH]3)[nH]c(C)c2C(C)=O)cc1. The number of H-pyrrole nitrogens is 2. The number of nitrogens with one attached hydrogen (secondary N) is 3. The van der Waals surface area contributed by atoms with Crippen LogP contribution in [0.1, 0.15) is 29.9 Å². The summed E-state index contributed by atoms with van der Waals surface area (Å²) in [5.41, 5.74) is 7.63. The molecule has 0 radical (unpaired) electrons. The summed E-state index contributed by atoms with van der Waals surface area (Å²) in [7, 11) is 2.15. The van der Waals surface area contributed by atoms with Crippen molar-refractivity contribution in [3.8, 4) is 22.6 Å². The Labute approximate surface area is 204 Å². The summed E-state index contributed by atoms with van der Waals surface area (Å²) in [6.07, 6.45) is 0. The molecule has 0 unspecified atom stereocenters. The van der Waals surface area contributed by atoms with Crippen LogP contribution < -0.4 is 10.2 Å². The van der Waals surface area contributed by atoms with Gasteiger partial charge >= 0.3 is 0 Å². The number of fused-ring (bicyclic) bond motifs is 1. The van der Waals surface area contributed by atoms with E-state index in [1.807, 2.05) is 37.3 Å². The fourth-order valence-corrected chi connectivity index (χ4v) is 4.83. The highest BCUT2D eigenvalue weighted by Crippen LogP contribution is 2.37. The van der Waals surface area contributed by atoms with Gasteiger partial charge in [-0.05, 0) is 56.8 Å². The summed E-state index contributed by atoms with van der Waals surface area (Å²) in [5, 5.41) is 2.79. The number of Topliss-reactive ketones (excluding diaryl/α,β-unsaturated/α-hetero) is 1. The first-order valence-electron chi connectivity index (χ1n) is 11.9. The molecule has 0 atom stereocenters. The van der Waals surface area contributed by atoms with Crippen molar-refractivity contribution >= 4 is 34.1 Å². The summed E-state index contributed by atoms with van der Waals surface area (Å²) < 4.78 is 0. The number of aromatic amines is 2. The van der Waals surface area contributed by atoms with E-state index in [2.05, 4.69) is 44.3 Å². The van der Waals surface area contributed by atoms with E-state index in [-0.39, 0.29) is 11.7 Å². The summed E-state index contributed by atoms with van der Waals surface area (Å²) in [6, 6.07) is 13.8. The van der Waals surface area contributed by atoms with Crippen molar-refractivity contribution in [2.75, 3.05) is 43.4 Å². The minimum Gasteiger partial charge on any atom is -0.369 e. The van der Waals surface area contributed by atoms with Crippen LogP contribution in [0.15, 0.2) is 42.5 Å². The number of likely N-dealkylation sites (N-methyl/N-ethyl adjacent to an activating group) is 1. The number of piperazine rings is 1. The van der Waals surface area contributed by atoms with Gasteiger partial charge in [-0.1, -0.05) is 12.1 Å². The Hall–Kier alpha value is -3.91. The number of aryl methyl sites for hydroxylation is 1. The smallest absolute Gasteiger partial charge is 0.221 e. The molecule has 8 heteroatoms. The Morgan fingerprint density at radius 3 is 2.34 bits per heavy atom. The second-order valence-electron chi connectivity index (χ2n) is 9.27. The number of carbonyl (C=O) groups excluding carboxylic acids is 2. The first-order valence-corrected chi connectivity index (χ1v) is 11.9. The quantitative estimate of drug-likeness (QED) is 0.375. The van der Waals surface area contributed by atoms with E-state index < -0.39 is 0 Å². The maximum absolute atomic E-state index is 12.6. The Bertz CT molecular complexity index is 1410. The van der Waals surface area contributed by atoms with Crippen molar-refractivity contribution in [1.82, 2.24) is 19.9 Å². The van der Waals surface area contributed by atoms with Gasteiger partial charge in [-0.15, -0.1) is 0 Å². The number of hydrogen-bond donors (Lipinski definition) is 3. The van der Waals surface area contributed by atoms with Gasteiger partial charge in [0.25, 0.3) is 0 Å². The average molecular weight is 471 g/mol. The minimum atomic E-state index is -0.126. The number of benzene rings is 2. The molecule has 1 fully saturated rings.